The van der Waals surface area contributed by atoms with E-state index in [1.807, 2.05) is 0 Å². The number of methoxy groups -OCH3 is 1. The molecule has 88 valence electrons. The molecule has 0 aliphatic rings. The first-order valence-electron chi connectivity index (χ1n) is 4.72. The van der Waals surface area contributed by atoms with E-state index in [4.69, 9.17) is 4.74 Å². The van der Waals surface area contributed by atoms with Crippen LogP contribution < -0.4 is 10.9 Å². The highest BCUT2D eigenvalue weighted by atomic mass is 79.9. The summed E-state index contributed by atoms with van der Waals surface area (Å²) in [5.41, 5.74) is -0.0515. The second-order valence-corrected chi connectivity index (χ2v) is 3.86. The lowest BCUT2D eigenvalue weighted by Crippen LogP contribution is -2.40. The van der Waals surface area contributed by atoms with Crippen molar-refractivity contribution in [3.8, 4) is 0 Å². The monoisotopic (exact) mass is 288 g/mol. The zero-order chi connectivity index (χ0) is 12.0. The number of alkyl halides is 1. The number of hydrogen-bond acceptors (Lipinski definition) is 3. The fourth-order valence-electron chi connectivity index (χ4n) is 1.17. The number of rotatable bonds is 5. The van der Waals surface area contributed by atoms with Crippen molar-refractivity contribution in [1.82, 2.24) is 10.3 Å². The molecular formula is C10H13BrN2O3. The summed E-state index contributed by atoms with van der Waals surface area (Å²) in [5.74, 6) is -0.320. The van der Waals surface area contributed by atoms with Crippen LogP contribution in [0.1, 0.15) is 10.5 Å². The van der Waals surface area contributed by atoms with Crippen molar-refractivity contribution >= 4 is 21.8 Å². The molecule has 5 nitrogen and oxygen atoms in total. The van der Waals surface area contributed by atoms with Gasteiger partial charge in [-0.15, -0.1) is 0 Å². The van der Waals surface area contributed by atoms with Crippen molar-refractivity contribution < 1.29 is 9.53 Å². The number of nitrogens with one attached hydrogen (secondary N) is 2. The lowest BCUT2D eigenvalue weighted by Gasteiger charge is -2.14. The van der Waals surface area contributed by atoms with Crippen LogP contribution in [0.3, 0.4) is 0 Å². The Kier molecular flexibility index (Phi) is 5.21. The number of pyridine rings is 1. The number of amides is 1. The van der Waals surface area contributed by atoms with Crippen LogP contribution in [0.15, 0.2) is 23.0 Å². The molecule has 1 aromatic heterocycles. The number of H-pyrrole nitrogens is 1. The summed E-state index contributed by atoms with van der Waals surface area (Å²) < 4.78 is 4.94. The number of halogens is 1. The third-order valence-corrected chi connectivity index (χ3v) is 2.68. The highest BCUT2D eigenvalue weighted by Crippen LogP contribution is 1.96. The summed E-state index contributed by atoms with van der Waals surface area (Å²) in [4.78, 5) is 25.1. The maximum Gasteiger partial charge on any atom is 0.268 e. The molecule has 1 rings (SSSR count). The van der Waals surface area contributed by atoms with Gasteiger partial charge in [-0.25, -0.2) is 0 Å². The number of hydrogen-bond donors (Lipinski definition) is 2. The Morgan fingerprint density at radius 3 is 2.94 bits per heavy atom. The zero-order valence-corrected chi connectivity index (χ0v) is 10.4. The van der Waals surface area contributed by atoms with Gasteiger partial charge < -0.3 is 15.0 Å². The first-order chi connectivity index (χ1) is 7.67. The molecule has 0 saturated heterocycles. The first kappa shape index (κ1) is 12.9. The maximum absolute atomic E-state index is 11.7. The standard InChI is InChI=1S/C10H13BrN2O3/c1-16-6-7(5-11)12-10(15)8-3-2-4-9(14)13-8/h2-4,7H,5-6H2,1H3,(H,12,15)(H,13,14). The Morgan fingerprint density at radius 1 is 1.62 bits per heavy atom. The summed E-state index contributed by atoms with van der Waals surface area (Å²) in [6, 6.07) is 4.32. The SMILES string of the molecule is COCC(CBr)NC(=O)c1cccc(=O)[nH]1. The third-order valence-electron chi connectivity index (χ3n) is 1.90. The normalized spacial score (nSPS) is 12.1. The number of carbonyl (C=O) groups excluding carboxylic acids is 1. The van der Waals surface area contributed by atoms with Gasteiger partial charge in [0.1, 0.15) is 5.69 Å². The van der Waals surface area contributed by atoms with Gasteiger partial charge in [0.25, 0.3) is 5.91 Å². The maximum atomic E-state index is 11.7. The van der Waals surface area contributed by atoms with E-state index in [2.05, 4.69) is 26.2 Å². The van der Waals surface area contributed by atoms with Crippen LogP contribution in [0, 0.1) is 0 Å². The first-order valence-corrected chi connectivity index (χ1v) is 5.84. The van der Waals surface area contributed by atoms with E-state index in [0.717, 1.165) is 0 Å². The van der Waals surface area contributed by atoms with E-state index in [1.165, 1.54) is 12.1 Å². The average molecular weight is 289 g/mol. The molecule has 0 fully saturated rings. The Bertz CT molecular complexity index is 405. The van der Waals surface area contributed by atoms with Crippen LogP contribution >= 0.6 is 15.9 Å². The largest absolute Gasteiger partial charge is 0.383 e. The van der Waals surface area contributed by atoms with Crippen molar-refractivity contribution in [2.24, 2.45) is 0 Å². The van der Waals surface area contributed by atoms with E-state index in [-0.39, 0.29) is 23.2 Å². The molecule has 1 atom stereocenters. The molecule has 6 heteroatoms. The minimum atomic E-state index is -0.320. The molecule has 1 heterocycles. The van der Waals surface area contributed by atoms with Gasteiger partial charge in [-0.1, -0.05) is 22.0 Å². The van der Waals surface area contributed by atoms with Gasteiger partial charge in [0.15, 0.2) is 0 Å². The van der Waals surface area contributed by atoms with E-state index >= 15 is 0 Å². The summed E-state index contributed by atoms with van der Waals surface area (Å²) in [6.45, 7) is 0.411. The van der Waals surface area contributed by atoms with E-state index in [0.29, 0.717) is 11.9 Å². The predicted octanol–water partition coefficient (Wildman–Crippen LogP) is 0.515. The van der Waals surface area contributed by atoms with E-state index in [1.54, 1.807) is 13.2 Å². The minimum Gasteiger partial charge on any atom is -0.383 e. The highest BCUT2D eigenvalue weighted by Gasteiger charge is 2.12. The second-order valence-electron chi connectivity index (χ2n) is 3.21. The van der Waals surface area contributed by atoms with Crippen molar-refractivity contribution in [2.45, 2.75) is 6.04 Å². The van der Waals surface area contributed by atoms with Gasteiger partial charge >= 0.3 is 0 Å². The van der Waals surface area contributed by atoms with Crippen LogP contribution in [0.5, 0.6) is 0 Å². The van der Waals surface area contributed by atoms with E-state index < -0.39 is 0 Å². The molecule has 0 aliphatic heterocycles. The lowest BCUT2D eigenvalue weighted by atomic mass is 10.3. The van der Waals surface area contributed by atoms with Crippen LogP contribution in [0.25, 0.3) is 0 Å². The van der Waals surface area contributed by atoms with Crippen LogP contribution in [-0.2, 0) is 4.74 Å². The Hall–Kier alpha value is -1.14. The number of aromatic amines is 1. The molecule has 0 radical (unpaired) electrons. The van der Waals surface area contributed by atoms with Crippen molar-refractivity contribution in [1.29, 1.82) is 0 Å². The van der Waals surface area contributed by atoms with Crippen LogP contribution in [0.4, 0.5) is 0 Å². The molecule has 1 aromatic rings. The zero-order valence-electron chi connectivity index (χ0n) is 8.83. The van der Waals surface area contributed by atoms with Gasteiger partial charge in [0.05, 0.1) is 12.6 Å². The third kappa shape index (κ3) is 3.79. The van der Waals surface area contributed by atoms with Gasteiger partial charge in [-0.05, 0) is 6.07 Å². The fraction of sp³-hybridized carbons (Fsp3) is 0.400. The van der Waals surface area contributed by atoms with Gasteiger partial charge in [-0.2, -0.15) is 0 Å². The quantitative estimate of drug-likeness (QED) is 0.776. The Balaban J connectivity index is 2.67. The average Bonchev–Trinajstić information content (AvgIpc) is 2.28. The molecular weight excluding hydrogens is 276 g/mol. The van der Waals surface area contributed by atoms with E-state index in [9.17, 15) is 9.59 Å². The van der Waals surface area contributed by atoms with Crippen LogP contribution in [-0.4, -0.2) is 36.0 Å². The smallest absolute Gasteiger partial charge is 0.268 e. The topological polar surface area (TPSA) is 71.2 Å². The summed E-state index contributed by atoms with van der Waals surface area (Å²) >= 11 is 3.27. The fourth-order valence-corrected chi connectivity index (χ4v) is 1.52. The number of aromatic nitrogens is 1. The van der Waals surface area contributed by atoms with Crippen molar-refractivity contribution in [2.75, 3.05) is 19.0 Å². The number of carbonyl (C=O) groups is 1. The van der Waals surface area contributed by atoms with Gasteiger partial charge in [-0.3, -0.25) is 9.59 Å². The molecule has 2 N–H and O–H groups in total. The van der Waals surface area contributed by atoms with Crippen LogP contribution in [0.2, 0.25) is 0 Å². The molecule has 0 aromatic carbocycles. The predicted molar refractivity (Wildman–Crippen MR) is 64.0 cm³/mol. The molecule has 0 aliphatic carbocycles. The van der Waals surface area contributed by atoms with Crippen molar-refractivity contribution in [3.63, 3.8) is 0 Å². The lowest BCUT2D eigenvalue weighted by molar-refractivity contribution is 0.0902. The molecule has 16 heavy (non-hydrogen) atoms. The van der Waals surface area contributed by atoms with Gasteiger partial charge in [0.2, 0.25) is 5.56 Å². The molecule has 0 spiro atoms. The minimum absolute atomic E-state index is 0.124. The summed E-state index contributed by atoms with van der Waals surface area (Å²) in [6.07, 6.45) is 0. The molecule has 1 unspecified atom stereocenters. The highest BCUT2D eigenvalue weighted by molar-refractivity contribution is 9.09. The molecule has 1 amide bonds. The Morgan fingerprint density at radius 2 is 2.38 bits per heavy atom. The Labute approximate surface area is 101 Å². The second kappa shape index (κ2) is 6.44. The summed E-state index contributed by atoms with van der Waals surface area (Å²) in [7, 11) is 1.56. The molecule has 0 saturated carbocycles. The summed E-state index contributed by atoms with van der Waals surface area (Å²) in [5, 5.41) is 3.32. The number of ether oxygens (including phenoxy) is 1. The molecule has 0 bridgehead atoms. The van der Waals surface area contributed by atoms with Gasteiger partial charge in [0, 0.05) is 18.5 Å². The van der Waals surface area contributed by atoms with Crippen molar-refractivity contribution in [3.05, 3.63) is 34.2 Å².